The molecule has 0 aliphatic rings. The third kappa shape index (κ3) is 6.69. The highest BCUT2D eigenvalue weighted by Gasteiger charge is 2.21. The molecule has 200 valence electrons. The monoisotopic (exact) mass is 555 g/mol. The van der Waals surface area contributed by atoms with Gasteiger partial charge in [0, 0.05) is 24.0 Å². The van der Waals surface area contributed by atoms with E-state index >= 15 is 0 Å². The minimum atomic E-state index is -0.503. The fourth-order valence-corrected chi connectivity index (χ4v) is 3.90. The quantitative estimate of drug-likeness (QED) is 0.280. The number of hydrogen-bond acceptors (Lipinski definition) is 5. The molecular weight excluding hydrogens is 525 g/mol. The zero-order valence-corrected chi connectivity index (χ0v) is 23.3. The number of nitrogens with one attached hydrogen (secondary N) is 2. The number of fused-ring (bicyclic) bond motifs is 1. The lowest BCUT2D eigenvalue weighted by Gasteiger charge is -2.18. The van der Waals surface area contributed by atoms with E-state index in [9.17, 15) is 9.59 Å². The van der Waals surface area contributed by atoms with Crippen LogP contribution >= 0.6 is 24.0 Å². The number of carbonyl (C=O) groups is 2. The molecule has 0 unspecified atom stereocenters. The summed E-state index contributed by atoms with van der Waals surface area (Å²) in [6.07, 6.45) is 3.45. The van der Waals surface area contributed by atoms with E-state index < -0.39 is 5.41 Å². The van der Waals surface area contributed by atoms with Crippen LogP contribution in [0.25, 0.3) is 16.6 Å². The number of carbonyl (C=O) groups excluding carboxylic acids is 2. The molecule has 2 amide bonds. The lowest BCUT2D eigenvalue weighted by atomic mass is 9.95. The van der Waals surface area contributed by atoms with Crippen LogP contribution in [-0.2, 0) is 22.7 Å². The maximum absolute atomic E-state index is 13.2. The molecule has 2 aromatic carbocycles. The fraction of sp³-hybridized carbons (Fsp3) is 0.286. The first kappa shape index (κ1) is 29.1. The lowest BCUT2D eigenvalue weighted by Crippen LogP contribution is -2.34. The summed E-state index contributed by atoms with van der Waals surface area (Å²) in [4.78, 5) is 29.9. The molecule has 4 rings (SSSR count). The molecule has 0 spiro atoms. The van der Waals surface area contributed by atoms with Crippen LogP contribution in [0.1, 0.15) is 49.3 Å². The number of rotatable bonds is 8. The van der Waals surface area contributed by atoms with E-state index in [0.717, 1.165) is 27.8 Å². The van der Waals surface area contributed by atoms with E-state index in [1.807, 2.05) is 58.0 Å². The standard InChI is InChI=1S/C28H30ClN5O3.ClH/c1-5-37-17-19-10-11-20(15-30-19)34-25-8-6-7-24(22(25)16-32-34)33-26(35)21-13-18(9-12-23(21)29)14-31-27(36)28(2,3)4;/h6-13,15-16H,5,14,17H2,1-4H3,(H,31,36)(H,33,35);1H. The second-order valence-electron chi connectivity index (χ2n) is 9.64. The summed E-state index contributed by atoms with van der Waals surface area (Å²) in [6, 6.07) is 14.6. The van der Waals surface area contributed by atoms with Crippen LogP contribution in [-0.4, -0.2) is 33.2 Å². The maximum atomic E-state index is 13.2. The summed E-state index contributed by atoms with van der Waals surface area (Å²) in [6.45, 7) is 8.87. The molecule has 38 heavy (non-hydrogen) atoms. The first-order chi connectivity index (χ1) is 17.7. The number of aromatic nitrogens is 3. The maximum Gasteiger partial charge on any atom is 0.257 e. The molecule has 0 atom stereocenters. The smallest absolute Gasteiger partial charge is 0.257 e. The molecule has 0 radical (unpaired) electrons. The largest absolute Gasteiger partial charge is 0.375 e. The fourth-order valence-electron chi connectivity index (χ4n) is 3.69. The highest BCUT2D eigenvalue weighted by atomic mass is 35.5. The van der Waals surface area contributed by atoms with Crippen molar-refractivity contribution in [2.45, 2.75) is 40.8 Å². The molecule has 2 aromatic heterocycles. The molecular formula is C28H31Cl2N5O3. The van der Waals surface area contributed by atoms with Gasteiger partial charge in [-0.05, 0) is 48.9 Å². The van der Waals surface area contributed by atoms with E-state index in [4.69, 9.17) is 16.3 Å². The van der Waals surface area contributed by atoms with Crippen LogP contribution in [0.2, 0.25) is 5.02 Å². The van der Waals surface area contributed by atoms with Crippen molar-refractivity contribution < 1.29 is 14.3 Å². The summed E-state index contributed by atoms with van der Waals surface area (Å²) >= 11 is 6.36. The van der Waals surface area contributed by atoms with E-state index in [1.165, 1.54) is 0 Å². The Kier molecular flexibility index (Phi) is 9.49. The zero-order chi connectivity index (χ0) is 26.6. The summed E-state index contributed by atoms with van der Waals surface area (Å²) in [7, 11) is 0. The molecule has 8 nitrogen and oxygen atoms in total. The van der Waals surface area contributed by atoms with Gasteiger partial charge >= 0.3 is 0 Å². The predicted molar refractivity (Wildman–Crippen MR) is 152 cm³/mol. The molecule has 0 aliphatic heterocycles. The molecule has 10 heteroatoms. The third-order valence-corrected chi connectivity index (χ3v) is 6.11. The van der Waals surface area contributed by atoms with Gasteiger partial charge in [0.25, 0.3) is 5.91 Å². The molecule has 2 heterocycles. The summed E-state index contributed by atoms with van der Waals surface area (Å²) in [5.41, 5.74) is 3.66. The number of nitrogens with zero attached hydrogens (tertiary/aromatic N) is 3. The molecule has 2 N–H and O–H groups in total. The van der Waals surface area contributed by atoms with Crippen LogP contribution in [0.15, 0.2) is 60.9 Å². The Balaban J connectivity index is 0.00000400. The molecule has 4 aromatic rings. The van der Waals surface area contributed by atoms with Crippen LogP contribution in [0.3, 0.4) is 0 Å². The van der Waals surface area contributed by atoms with Gasteiger partial charge in [-0.15, -0.1) is 12.4 Å². The van der Waals surface area contributed by atoms with Gasteiger partial charge in [0.15, 0.2) is 0 Å². The average Bonchev–Trinajstić information content (AvgIpc) is 3.31. The Morgan fingerprint density at radius 3 is 2.55 bits per heavy atom. The van der Waals surface area contributed by atoms with Gasteiger partial charge in [0.1, 0.15) is 0 Å². The van der Waals surface area contributed by atoms with Gasteiger partial charge in [-0.3, -0.25) is 14.6 Å². The van der Waals surface area contributed by atoms with Crippen LogP contribution in [0.5, 0.6) is 0 Å². The van der Waals surface area contributed by atoms with Gasteiger partial charge in [-0.25, -0.2) is 4.68 Å². The molecule has 0 fully saturated rings. The minimum Gasteiger partial charge on any atom is -0.375 e. The number of pyridine rings is 1. The van der Waals surface area contributed by atoms with Crippen molar-refractivity contribution in [2.24, 2.45) is 5.41 Å². The summed E-state index contributed by atoms with van der Waals surface area (Å²) < 4.78 is 7.18. The van der Waals surface area contributed by atoms with E-state index in [0.29, 0.717) is 36.0 Å². The van der Waals surface area contributed by atoms with Crippen molar-refractivity contribution in [1.82, 2.24) is 20.1 Å². The number of anilines is 1. The Morgan fingerprint density at radius 1 is 1.08 bits per heavy atom. The van der Waals surface area contributed by atoms with Crippen LogP contribution < -0.4 is 10.6 Å². The minimum absolute atomic E-state index is 0. The third-order valence-electron chi connectivity index (χ3n) is 5.78. The van der Waals surface area contributed by atoms with Gasteiger partial charge in [-0.1, -0.05) is 44.5 Å². The van der Waals surface area contributed by atoms with Gasteiger partial charge in [0.05, 0.1) is 52.2 Å². The van der Waals surface area contributed by atoms with Gasteiger partial charge in [0.2, 0.25) is 5.91 Å². The Labute approximate surface area is 233 Å². The Hall–Kier alpha value is -3.46. The molecule has 0 saturated heterocycles. The SMILES string of the molecule is CCOCc1ccc(-n2ncc3c(NC(=O)c4cc(CNC(=O)C(C)(C)C)ccc4Cl)cccc32)cn1.Cl. The molecule has 0 aliphatic carbocycles. The first-order valence-corrected chi connectivity index (χ1v) is 12.4. The number of hydrogen-bond donors (Lipinski definition) is 2. The molecule has 0 bridgehead atoms. The van der Waals surface area contributed by atoms with Crippen LogP contribution in [0.4, 0.5) is 5.69 Å². The first-order valence-electron chi connectivity index (χ1n) is 12.0. The Bertz CT molecular complexity index is 1430. The summed E-state index contributed by atoms with van der Waals surface area (Å²) in [5, 5.41) is 11.5. The highest BCUT2D eigenvalue weighted by molar-refractivity contribution is 6.34. The van der Waals surface area contributed by atoms with Crippen molar-refractivity contribution in [2.75, 3.05) is 11.9 Å². The van der Waals surface area contributed by atoms with E-state index in [2.05, 4.69) is 20.7 Å². The van der Waals surface area contributed by atoms with Crippen molar-refractivity contribution in [1.29, 1.82) is 0 Å². The van der Waals surface area contributed by atoms with Crippen molar-refractivity contribution in [3.8, 4) is 5.69 Å². The average molecular weight is 556 g/mol. The number of amides is 2. The van der Waals surface area contributed by atoms with Gasteiger partial charge < -0.3 is 15.4 Å². The number of ether oxygens (including phenoxy) is 1. The Morgan fingerprint density at radius 2 is 1.87 bits per heavy atom. The second kappa shape index (κ2) is 12.4. The lowest BCUT2D eigenvalue weighted by molar-refractivity contribution is -0.128. The van der Waals surface area contributed by atoms with Crippen molar-refractivity contribution in [3.63, 3.8) is 0 Å². The second-order valence-corrected chi connectivity index (χ2v) is 10.0. The number of benzene rings is 2. The van der Waals surface area contributed by atoms with Crippen molar-refractivity contribution in [3.05, 3.63) is 82.8 Å². The van der Waals surface area contributed by atoms with Gasteiger partial charge in [-0.2, -0.15) is 5.10 Å². The number of halogens is 2. The molecule has 0 saturated carbocycles. The summed E-state index contributed by atoms with van der Waals surface area (Å²) in [5.74, 6) is -0.424. The normalized spacial score (nSPS) is 11.2. The van der Waals surface area contributed by atoms with Crippen molar-refractivity contribution >= 4 is 52.4 Å². The predicted octanol–water partition coefficient (Wildman–Crippen LogP) is 5.95. The highest BCUT2D eigenvalue weighted by Crippen LogP contribution is 2.27. The van der Waals surface area contributed by atoms with E-state index in [1.54, 1.807) is 35.3 Å². The van der Waals surface area contributed by atoms with Crippen LogP contribution in [0, 0.1) is 5.41 Å². The van der Waals surface area contributed by atoms with E-state index in [-0.39, 0.29) is 24.2 Å². The topological polar surface area (TPSA) is 98.1 Å². The zero-order valence-electron chi connectivity index (χ0n) is 21.7.